The molecule has 5 rings (SSSR count). The van der Waals surface area contributed by atoms with Crippen molar-refractivity contribution in [2.45, 2.75) is 83.8 Å². The Bertz CT molecular complexity index is 768. The Balaban J connectivity index is 1.64. The Morgan fingerprint density at radius 3 is 2.57 bits per heavy atom. The number of hydrogen-bond donors (Lipinski definition) is 1. The molecule has 4 saturated carbocycles. The number of thioether (sulfide) groups is 1. The highest BCUT2D eigenvalue weighted by atomic mass is 32.2. The molecule has 0 radical (unpaired) electrons. The molecule has 0 saturated heterocycles. The standard InChI is InChI=1S/C26H38O3S/c1-16(2)22-11-18-12-24(14-27)21-10-9-17(3)20(21)13-25(18,26(22,24)23(28)29)15-30-19-7-5-4-6-8-19/h11,14,16-21H,4-10,12-13,15H2,1-3H3,(H,28,29)/t17-,18+,20-,21-,24+,25+,26+/m1/s1. The number of hydrogen-bond acceptors (Lipinski definition) is 3. The van der Waals surface area contributed by atoms with E-state index in [4.69, 9.17) is 0 Å². The third kappa shape index (κ3) is 2.35. The molecule has 0 aromatic rings. The number of carboxylic acid groups (broad SMARTS) is 1. The molecular weight excluding hydrogens is 392 g/mol. The molecule has 0 amide bonds. The van der Waals surface area contributed by atoms with Crippen LogP contribution >= 0.6 is 11.8 Å². The fourth-order valence-corrected chi connectivity index (χ4v) is 10.9. The van der Waals surface area contributed by atoms with Crippen molar-refractivity contribution >= 4 is 24.0 Å². The second-order valence-electron chi connectivity index (χ2n) is 11.6. The van der Waals surface area contributed by atoms with Gasteiger partial charge in [0.1, 0.15) is 11.7 Å². The Morgan fingerprint density at radius 2 is 1.93 bits per heavy atom. The van der Waals surface area contributed by atoms with E-state index in [1.54, 1.807) is 0 Å². The second kappa shape index (κ2) is 7.12. The number of allylic oxidation sites excluding steroid dienone is 1. The molecule has 4 heteroatoms. The van der Waals surface area contributed by atoms with Crippen molar-refractivity contribution < 1.29 is 14.7 Å². The molecule has 0 unspecified atom stereocenters. The first-order valence-corrected chi connectivity index (χ1v) is 13.4. The summed E-state index contributed by atoms with van der Waals surface area (Å²) in [5, 5.41) is 11.7. The van der Waals surface area contributed by atoms with Crippen LogP contribution in [0.1, 0.15) is 78.6 Å². The number of fused-ring (bicyclic) bond motifs is 2. The fourth-order valence-electron chi connectivity index (χ4n) is 9.13. The highest BCUT2D eigenvalue weighted by Crippen LogP contribution is 2.83. The van der Waals surface area contributed by atoms with E-state index in [2.05, 4.69) is 38.6 Å². The molecule has 30 heavy (non-hydrogen) atoms. The topological polar surface area (TPSA) is 54.4 Å². The lowest BCUT2D eigenvalue weighted by Gasteiger charge is -2.58. The Labute approximate surface area is 185 Å². The molecule has 0 aromatic carbocycles. The van der Waals surface area contributed by atoms with Crippen molar-refractivity contribution in [2.24, 2.45) is 45.8 Å². The van der Waals surface area contributed by atoms with Gasteiger partial charge in [-0.05, 0) is 61.7 Å². The van der Waals surface area contributed by atoms with Gasteiger partial charge in [-0.1, -0.05) is 58.1 Å². The van der Waals surface area contributed by atoms with E-state index in [1.807, 2.05) is 0 Å². The fraction of sp³-hybridized carbons (Fsp3) is 0.846. The quantitative estimate of drug-likeness (QED) is 0.416. The Kier molecular flexibility index (Phi) is 5.00. The summed E-state index contributed by atoms with van der Waals surface area (Å²) in [5.74, 6) is 2.04. The highest BCUT2D eigenvalue weighted by molar-refractivity contribution is 7.99. The van der Waals surface area contributed by atoms with Crippen LogP contribution < -0.4 is 0 Å². The normalized spacial score (nSPS) is 47.4. The lowest BCUT2D eigenvalue weighted by molar-refractivity contribution is -0.177. The molecule has 1 N–H and O–H groups in total. The first-order valence-electron chi connectivity index (χ1n) is 12.4. The number of aldehydes is 1. The summed E-state index contributed by atoms with van der Waals surface area (Å²) in [6.07, 6.45) is 14.0. The van der Waals surface area contributed by atoms with Gasteiger partial charge in [-0.15, -0.1) is 0 Å². The largest absolute Gasteiger partial charge is 0.481 e. The predicted octanol–water partition coefficient (Wildman–Crippen LogP) is 5.98. The van der Waals surface area contributed by atoms with E-state index < -0.39 is 16.8 Å². The monoisotopic (exact) mass is 430 g/mol. The minimum absolute atomic E-state index is 0.181. The van der Waals surface area contributed by atoms with Gasteiger partial charge in [0.2, 0.25) is 0 Å². The maximum Gasteiger partial charge on any atom is 0.315 e. The molecule has 0 spiro atoms. The molecule has 7 atom stereocenters. The van der Waals surface area contributed by atoms with Crippen LogP contribution in [0.15, 0.2) is 11.6 Å². The van der Waals surface area contributed by atoms with Gasteiger partial charge in [0.05, 0.1) is 5.41 Å². The van der Waals surface area contributed by atoms with E-state index in [9.17, 15) is 14.7 Å². The number of aliphatic carboxylic acids is 1. The highest BCUT2D eigenvalue weighted by Gasteiger charge is 2.84. The minimum Gasteiger partial charge on any atom is -0.481 e. The SMILES string of the molecule is CC(C)C1=C[C@H]2C[C@]3(C=O)[C@@H]4CC[C@@H](C)[C@H]4C[C@@]2(CSC2CCCCC2)[C@]13C(=O)O. The second-order valence-corrected chi connectivity index (χ2v) is 12.8. The van der Waals surface area contributed by atoms with Crippen LogP contribution in [0.4, 0.5) is 0 Å². The summed E-state index contributed by atoms with van der Waals surface area (Å²) in [7, 11) is 0. The molecule has 166 valence electrons. The van der Waals surface area contributed by atoms with Crippen molar-refractivity contribution in [3.63, 3.8) is 0 Å². The van der Waals surface area contributed by atoms with Crippen molar-refractivity contribution in [3.05, 3.63) is 11.6 Å². The van der Waals surface area contributed by atoms with Gasteiger partial charge in [-0.3, -0.25) is 4.79 Å². The first-order chi connectivity index (χ1) is 14.3. The molecular formula is C26H38O3S. The summed E-state index contributed by atoms with van der Waals surface area (Å²) >= 11 is 2.06. The summed E-state index contributed by atoms with van der Waals surface area (Å²) in [6, 6.07) is 0. The zero-order valence-corrected chi connectivity index (χ0v) is 19.7. The van der Waals surface area contributed by atoms with Crippen LogP contribution in [-0.4, -0.2) is 28.4 Å². The van der Waals surface area contributed by atoms with Crippen LogP contribution in [0, 0.1) is 45.8 Å². The van der Waals surface area contributed by atoms with E-state index in [1.165, 1.54) is 32.1 Å². The molecule has 3 nitrogen and oxygen atoms in total. The van der Waals surface area contributed by atoms with Crippen LogP contribution in [0.25, 0.3) is 0 Å². The van der Waals surface area contributed by atoms with Crippen molar-refractivity contribution in [1.82, 2.24) is 0 Å². The van der Waals surface area contributed by atoms with Crippen LogP contribution in [0.3, 0.4) is 0 Å². The zero-order valence-electron chi connectivity index (χ0n) is 18.9. The molecule has 5 aliphatic rings. The summed E-state index contributed by atoms with van der Waals surface area (Å²) in [5.41, 5.74) is -0.867. The first kappa shape index (κ1) is 21.1. The third-order valence-corrected chi connectivity index (χ3v) is 11.9. The van der Waals surface area contributed by atoms with Gasteiger partial charge >= 0.3 is 5.97 Å². The average molecular weight is 431 g/mol. The lowest BCUT2D eigenvalue weighted by atomic mass is 9.43. The van der Waals surface area contributed by atoms with Crippen molar-refractivity contribution in [3.8, 4) is 0 Å². The Morgan fingerprint density at radius 1 is 1.20 bits per heavy atom. The molecule has 4 bridgehead atoms. The minimum atomic E-state index is -0.979. The molecule has 4 fully saturated rings. The third-order valence-electron chi connectivity index (χ3n) is 10.3. The van der Waals surface area contributed by atoms with Crippen LogP contribution in [0.5, 0.6) is 0 Å². The van der Waals surface area contributed by atoms with E-state index >= 15 is 0 Å². The van der Waals surface area contributed by atoms with Gasteiger partial charge in [-0.25, -0.2) is 0 Å². The van der Waals surface area contributed by atoms with Gasteiger partial charge < -0.3 is 9.90 Å². The molecule has 0 aromatic heterocycles. The smallest absolute Gasteiger partial charge is 0.315 e. The van der Waals surface area contributed by atoms with E-state index in [-0.39, 0.29) is 23.2 Å². The van der Waals surface area contributed by atoms with Gasteiger partial charge in [0, 0.05) is 16.4 Å². The van der Waals surface area contributed by atoms with Crippen molar-refractivity contribution in [2.75, 3.05) is 5.75 Å². The average Bonchev–Trinajstić information content (AvgIpc) is 3.30. The van der Waals surface area contributed by atoms with Gasteiger partial charge in [0.25, 0.3) is 0 Å². The number of carbonyl (C=O) groups is 2. The maximum atomic E-state index is 13.4. The van der Waals surface area contributed by atoms with E-state index in [0.29, 0.717) is 17.1 Å². The molecule has 0 aliphatic heterocycles. The zero-order chi connectivity index (χ0) is 21.3. The van der Waals surface area contributed by atoms with Crippen LogP contribution in [-0.2, 0) is 9.59 Å². The molecule has 5 aliphatic carbocycles. The lowest BCUT2D eigenvalue weighted by Crippen LogP contribution is -2.63. The number of carboxylic acids is 1. The molecule has 0 heterocycles. The van der Waals surface area contributed by atoms with Gasteiger partial charge in [0.15, 0.2) is 0 Å². The van der Waals surface area contributed by atoms with Crippen LogP contribution in [0.2, 0.25) is 0 Å². The Hall–Kier alpha value is -0.770. The summed E-state index contributed by atoms with van der Waals surface area (Å²) in [4.78, 5) is 26.4. The van der Waals surface area contributed by atoms with Gasteiger partial charge in [-0.2, -0.15) is 11.8 Å². The number of carbonyl (C=O) groups excluding carboxylic acids is 1. The van der Waals surface area contributed by atoms with Crippen molar-refractivity contribution in [1.29, 1.82) is 0 Å². The number of rotatable bonds is 6. The predicted molar refractivity (Wildman–Crippen MR) is 121 cm³/mol. The summed E-state index contributed by atoms with van der Waals surface area (Å²) < 4.78 is 0. The maximum absolute atomic E-state index is 13.4. The summed E-state index contributed by atoms with van der Waals surface area (Å²) in [6.45, 7) is 6.63. The van der Waals surface area contributed by atoms with E-state index in [0.717, 1.165) is 43.3 Å².